The number of hydrogen-bond acceptors (Lipinski definition) is 6. The van der Waals surface area contributed by atoms with Gasteiger partial charge in [0.15, 0.2) is 5.82 Å². The average Bonchev–Trinajstić information content (AvgIpc) is 2.91. The highest BCUT2D eigenvalue weighted by atomic mass is 19.3. The Hall–Kier alpha value is -3.58. The van der Waals surface area contributed by atoms with Gasteiger partial charge in [-0.05, 0) is 49.1 Å². The highest BCUT2D eigenvalue weighted by Gasteiger charge is 2.38. The van der Waals surface area contributed by atoms with Crippen molar-refractivity contribution >= 4 is 22.7 Å². The number of ether oxygens (including phenoxy) is 1. The molecule has 0 N–H and O–H groups in total. The minimum atomic E-state index is -2.85. The number of fused-ring (bicyclic) bond motifs is 1. The summed E-state index contributed by atoms with van der Waals surface area (Å²) in [4.78, 5) is 29.9. The van der Waals surface area contributed by atoms with Gasteiger partial charge in [0, 0.05) is 38.3 Å². The number of hydrogen-bond donors (Lipinski definition) is 0. The molecule has 2 aromatic heterocycles. The van der Waals surface area contributed by atoms with E-state index in [2.05, 4.69) is 50.1 Å². The minimum Gasteiger partial charge on any atom is -0.435 e. The lowest BCUT2D eigenvalue weighted by Gasteiger charge is -2.49. The van der Waals surface area contributed by atoms with E-state index in [1.807, 2.05) is 12.1 Å². The van der Waals surface area contributed by atoms with Gasteiger partial charge in [0.2, 0.25) is 5.52 Å². The Kier molecular flexibility index (Phi) is 8.03. The highest BCUT2D eigenvalue weighted by molar-refractivity contribution is 5.87. The third-order valence-corrected chi connectivity index (χ3v) is 7.27. The maximum atomic E-state index is 12.8. The van der Waals surface area contributed by atoms with Crippen LogP contribution in [0.1, 0.15) is 51.6 Å². The molecule has 1 aliphatic rings. The Morgan fingerprint density at radius 2 is 1.76 bits per heavy atom. The second-order valence-electron chi connectivity index (χ2n) is 9.27. The molecule has 4 rings (SSSR count). The van der Waals surface area contributed by atoms with Crippen molar-refractivity contribution in [2.45, 2.75) is 64.8 Å². The topological polar surface area (TPSA) is 67.9 Å². The van der Waals surface area contributed by atoms with Crippen LogP contribution in [0.25, 0.3) is 15.9 Å². The van der Waals surface area contributed by atoms with Gasteiger partial charge in [0.25, 0.3) is 5.82 Å². The first-order valence-electron chi connectivity index (χ1n) is 12.6. The first-order valence-corrected chi connectivity index (χ1v) is 12.6. The molecule has 3 heterocycles. The Morgan fingerprint density at radius 3 is 2.35 bits per heavy atom. The summed E-state index contributed by atoms with van der Waals surface area (Å²) in [7, 11) is 1.66. The molecular weight excluding hydrogens is 478 g/mol. The number of nitrogens with zero attached hydrogens (tertiary/aromatic N) is 6. The van der Waals surface area contributed by atoms with Crippen LogP contribution in [-0.4, -0.2) is 51.2 Å². The number of alkyl halides is 2. The molecule has 196 valence electrons. The fourth-order valence-electron chi connectivity index (χ4n) is 5.32. The smallest absolute Gasteiger partial charge is 0.387 e. The van der Waals surface area contributed by atoms with E-state index < -0.39 is 6.61 Å². The number of rotatable bonds is 8. The van der Waals surface area contributed by atoms with Gasteiger partial charge in [-0.2, -0.15) is 13.8 Å². The number of halogens is 2. The highest BCUT2D eigenvalue weighted by Crippen LogP contribution is 2.35. The normalized spacial score (nSPS) is 19.2. The second kappa shape index (κ2) is 11.2. The van der Waals surface area contributed by atoms with Crippen LogP contribution in [0.3, 0.4) is 0 Å². The summed E-state index contributed by atoms with van der Waals surface area (Å²) >= 11 is 0. The lowest BCUT2D eigenvalue weighted by molar-refractivity contribution is -0.0498. The monoisotopic (exact) mass is 510 g/mol. The molecule has 3 atom stereocenters. The van der Waals surface area contributed by atoms with Gasteiger partial charge in [-0.25, -0.2) is 4.79 Å². The molecular formula is C27H32F2N6O2. The van der Waals surface area contributed by atoms with E-state index in [-0.39, 0.29) is 35.4 Å². The molecule has 1 fully saturated rings. The quantitative estimate of drug-likeness (QED) is 0.383. The van der Waals surface area contributed by atoms with Gasteiger partial charge in [-0.15, -0.1) is 4.98 Å². The van der Waals surface area contributed by atoms with Crippen molar-refractivity contribution in [2.24, 2.45) is 7.05 Å². The fourth-order valence-corrected chi connectivity index (χ4v) is 5.32. The van der Waals surface area contributed by atoms with E-state index in [0.29, 0.717) is 23.4 Å². The van der Waals surface area contributed by atoms with Crippen LogP contribution in [0.2, 0.25) is 0 Å². The average molecular weight is 511 g/mol. The molecule has 0 saturated carbocycles. The van der Waals surface area contributed by atoms with E-state index in [0.717, 1.165) is 31.4 Å². The third-order valence-electron chi connectivity index (χ3n) is 7.27. The number of piperazine rings is 1. The minimum absolute atomic E-state index is 0.0690. The Balaban J connectivity index is 1.70. The van der Waals surface area contributed by atoms with E-state index in [1.165, 1.54) is 4.57 Å². The first kappa shape index (κ1) is 26.5. The van der Waals surface area contributed by atoms with Crippen LogP contribution in [-0.2, 0) is 7.05 Å². The van der Waals surface area contributed by atoms with Gasteiger partial charge in [0.05, 0.1) is 5.52 Å². The SMILES string of the molecule is [C-]#[N+]c1ccc2c(n1)c(N1C[C@@H](CC)N(C(CC)c3ccc(OC(F)F)cc3)C[C@@H]1CC)nc(=O)n2C. The van der Waals surface area contributed by atoms with Crippen molar-refractivity contribution in [1.29, 1.82) is 0 Å². The zero-order chi connectivity index (χ0) is 26.7. The number of aromatic nitrogens is 3. The maximum Gasteiger partial charge on any atom is 0.387 e. The van der Waals surface area contributed by atoms with Gasteiger partial charge in [0.1, 0.15) is 5.75 Å². The molecule has 37 heavy (non-hydrogen) atoms. The lowest BCUT2D eigenvalue weighted by Crippen LogP contribution is -2.59. The van der Waals surface area contributed by atoms with Crippen molar-refractivity contribution in [3.05, 3.63) is 63.9 Å². The van der Waals surface area contributed by atoms with Crippen LogP contribution in [0.4, 0.5) is 20.4 Å². The van der Waals surface area contributed by atoms with E-state index in [4.69, 9.17) is 6.57 Å². The largest absolute Gasteiger partial charge is 0.435 e. The molecule has 0 amide bonds. The summed E-state index contributed by atoms with van der Waals surface area (Å²) in [6.07, 6.45) is 2.55. The lowest BCUT2D eigenvalue weighted by atomic mass is 9.95. The standard InChI is InChI=1S/C27H32F2N6O2/c1-6-18-16-35(25-24-22(33(5)27(36)32-25)13-14-23(30-4)31-24)19(7-2)15-34(18)21(8-3)17-9-11-20(12-10-17)37-26(28)29/h9-14,18-19,21,26H,6-8,15-16H2,1-3,5H3/t18-,19+,21?/m1/s1. The summed E-state index contributed by atoms with van der Waals surface area (Å²) in [5.74, 6) is 0.931. The number of aryl methyl sites for hydroxylation is 1. The molecule has 1 unspecified atom stereocenters. The van der Waals surface area contributed by atoms with Crippen molar-refractivity contribution in [3.63, 3.8) is 0 Å². The van der Waals surface area contributed by atoms with Gasteiger partial charge < -0.3 is 14.5 Å². The van der Waals surface area contributed by atoms with Crippen LogP contribution in [0.5, 0.6) is 5.75 Å². The van der Waals surface area contributed by atoms with Crippen LogP contribution >= 0.6 is 0 Å². The van der Waals surface area contributed by atoms with E-state index >= 15 is 0 Å². The zero-order valence-electron chi connectivity index (χ0n) is 21.6. The zero-order valence-corrected chi connectivity index (χ0v) is 21.6. The van der Waals surface area contributed by atoms with E-state index in [9.17, 15) is 13.6 Å². The summed E-state index contributed by atoms with van der Waals surface area (Å²) in [5, 5.41) is 0. The second-order valence-corrected chi connectivity index (χ2v) is 9.27. The summed E-state index contributed by atoms with van der Waals surface area (Å²) in [6, 6.07) is 10.6. The number of benzene rings is 1. The molecule has 1 aromatic carbocycles. The third kappa shape index (κ3) is 5.27. The van der Waals surface area contributed by atoms with Crippen LogP contribution < -0.4 is 15.3 Å². The van der Waals surface area contributed by atoms with Crippen molar-refractivity contribution in [3.8, 4) is 5.75 Å². The summed E-state index contributed by atoms with van der Waals surface area (Å²) in [6.45, 7) is 12.3. The Morgan fingerprint density at radius 1 is 1.05 bits per heavy atom. The van der Waals surface area contributed by atoms with Gasteiger partial charge in [-0.3, -0.25) is 9.47 Å². The molecule has 0 radical (unpaired) electrons. The molecule has 0 bridgehead atoms. The molecule has 3 aromatic rings. The van der Waals surface area contributed by atoms with E-state index in [1.54, 1.807) is 31.3 Å². The van der Waals surface area contributed by atoms with Crippen molar-refractivity contribution in [2.75, 3.05) is 18.0 Å². The molecule has 1 aliphatic heterocycles. The van der Waals surface area contributed by atoms with Crippen LogP contribution in [0.15, 0.2) is 41.2 Å². The van der Waals surface area contributed by atoms with Gasteiger partial charge >= 0.3 is 12.3 Å². The molecule has 10 heteroatoms. The summed E-state index contributed by atoms with van der Waals surface area (Å²) < 4.78 is 31.2. The summed E-state index contributed by atoms with van der Waals surface area (Å²) in [5.41, 5.74) is 1.89. The fraction of sp³-hybridized carbons (Fsp3) is 0.481. The predicted molar refractivity (Wildman–Crippen MR) is 139 cm³/mol. The van der Waals surface area contributed by atoms with Crippen LogP contribution in [0, 0.1) is 6.57 Å². The number of pyridine rings is 1. The van der Waals surface area contributed by atoms with Crippen molar-refractivity contribution < 1.29 is 13.5 Å². The molecule has 1 saturated heterocycles. The predicted octanol–water partition coefficient (Wildman–Crippen LogP) is 5.31. The number of anilines is 1. The maximum absolute atomic E-state index is 12.8. The van der Waals surface area contributed by atoms with Gasteiger partial charge in [-0.1, -0.05) is 39.5 Å². The molecule has 0 aliphatic carbocycles. The first-order chi connectivity index (χ1) is 17.8. The molecule has 8 nitrogen and oxygen atoms in total. The van der Waals surface area contributed by atoms with Crippen molar-refractivity contribution in [1.82, 2.24) is 19.4 Å². The Labute approximate surface area is 215 Å². The Bertz CT molecular complexity index is 1340. The molecule has 0 spiro atoms.